The Balaban J connectivity index is 1.57. The summed E-state index contributed by atoms with van der Waals surface area (Å²) in [5.74, 6) is -0.819. The van der Waals surface area contributed by atoms with Crippen LogP contribution >= 0.6 is 11.3 Å². The molecule has 0 fully saturated rings. The number of nitro benzene ring substituents is 1. The number of rotatable bonds is 8. The van der Waals surface area contributed by atoms with Gasteiger partial charge < -0.3 is 14.2 Å². The number of esters is 2. The molecule has 3 aromatic carbocycles. The number of nitrogens with zero attached hydrogens (tertiary/aromatic N) is 5. The second-order valence-electron chi connectivity index (χ2n) is 10.6. The van der Waals surface area contributed by atoms with Gasteiger partial charge in [-0.25, -0.2) is 14.5 Å². The molecule has 0 unspecified atom stereocenters. The minimum Gasteiger partial charge on any atom is -0.493 e. The molecule has 6 rings (SSSR count). The SMILES string of the molecule is COC(=O)C1=C(C)N=c2s/c(=C\c3cn(-c4ccccc4)nc3-c3cccc([N+](=O)[O-])c3)c(=O)n2[C@H]1c1ccc(OC(C)=O)c(OC)c1. The molecule has 0 saturated heterocycles. The van der Waals surface area contributed by atoms with E-state index >= 15 is 0 Å². The third kappa shape index (κ3) is 5.91. The van der Waals surface area contributed by atoms with Gasteiger partial charge >= 0.3 is 11.9 Å². The van der Waals surface area contributed by atoms with E-state index in [9.17, 15) is 24.5 Å². The summed E-state index contributed by atoms with van der Waals surface area (Å²) in [5, 5.41) is 16.3. The number of para-hydroxylation sites is 1. The van der Waals surface area contributed by atoms with Crippen molar-refractivity contribution in [3.63, 3.8) is 0 Å². The first-order valence-corrected chi connectivity index (χ1v) is 15.3. The zero-order valence-electron chi connectivity index (χ0n) is 26.1. The minimum absolute atomic E-state index is 0.104. The number of carbonyl (C=O) groups is 2. The van der Waals surface area contributed by atoms with Crippen molar-refractivity contribution in [1.29, 1.82) is 0 Å². The maximum atomic E-state index is 14.3. The predicted octanol–water partition coefficient (Wildman–Crippen LogP) is 4.10. The van der Waals surface area contributed by atoms with Crippen LogP contribution in [-0.2, 0) is 14.3 Å². The predicted molar refractivity (Wildman–Crippen MR) is 176 cm³/mol. The summed E-state index contributed by atoms with van der Waals surface area (Å²) in [7, 11) is 2.66. The summed E-state index contributed by atoms with van der Waals surface area (Å²) in [4.78, 5) is 55.1. The lowest BCUT2D eigenvalue weighted by Gasteiger charge is -2.25. The molecule has 0 bridgehead atoms. The topological polar surface area (TPSA) is 157 Å². The van der Waals surface area contributed by atoms with Crippen molar-refractivity contribution in [3.05, 3.63) is 131 Å². The first-order valence-electron chi connectivity index (χ1n) is 14.5. The summed E-state index contributed by atoms with van der Waals surface area (Å²) in [5.41, 5.74) is 2.62. The van der Waals surface area contributed by atoms with Gasteiger partial charge in [-0.05, 0) is 42.8 Å². The van der Waals surface area contributed by atoms with Crippen molar-refractivity contribution >= 4 is 35.0 Å². The van der Waals surface area contributed by atoms with E-state index in [-0.39, 0.29) is 27.3 Å². The minimum atomic E-state index is -0.959. The molecule has 242 valence electrons. The zero-order valence-corrected chi connectivity index (χ0v) is 26.9. The van der Waals surface area contributed by atoms with E-state index in [2.05, 4.69) is 4.99 Å². The van der Waals surface area contributed by atoms with Gasteiger partial charge in [0.25, 0.3) is 11.2 Å². The summed E-state index contributed by atoms with van der Waals surface area (Å²) < 4.78 is 19.2. The summed E-state index contributed by atoms with van der Waals surface area (Å²) in [6, 6.07) is 19.2. The van der Waals surface area contributed by atoms with Crippen molar-refractivity contribution in [2.75, 3.05) is 14.2 Å². The van der Waals surface area contributed by atoms with Crippen LogP contribution in [0, 0.1) is 10.1 Å². The second-order valence-corrected chi connectivity index (χ2v) is 11.6. The van der Waals surface area contributed by atoms with Crippen molar-refractivity contribution in [1.82, 2.24) is 14.3 Å². The van der Waals surface area contributed by atoms with Crippen LogP contribution in [0.3, 0.4) is 0 Å². The average Bonchev–Trinajstić information content (AvgIpc) is 3.64. The Kier molecular flexibility index (Phi) is 8.57. The first kappa shape index (κ1) is 31.8. The van der Waals surface area contributed by atoms with E-state index in [1.165, 1.54) is 43.9 Å². The number of fused-ring (bicyclic) bond motifs is 1. The molecule has 0 aliphatic carbocycles. The number of benzene rings is 3. The molecule has 0 saturated carbocycles. The highest BCUT2D eigenvalue weighted by atomic mass is 32.1. The summed E-state index contributed by atoms with van der Waals surface area (Å²) in [6.07, 6.45) is 3.39. The molecule has 3 heterocycles. The van der Waals surface area contributed by atoms with Gasteiger partial charge in [-0.2, -0.15) is 5.10 Å². The van der Waals surface area contributed by atoms with E-state index < -0.39 is 28.5 Å². The van der Waals surface area contributed by atoms with Crippen LogP contribution in [0.5, 0.6) is 11.5 Å². The number of allylic oxidation sites excluding steroid dienone is 1. The molecule has 13 nitrogen and oxygen atoms in total. The molecule has 1 aliphatic heterocycles. The molecule has 48 heavy (non-hydrogen) atoms. The van der Waals surface area contributed by atoms with E-state index in [0.717, 1.165) is 17.0 Å². The monoisotopic (exact) mass is 665 g/mol. The van der Waals surface area contributed by atoms with Gasteiger partial charge in [0.2, 0.25) is 0 Å². The Morgan fingerprint density at radius 3 is 2.48 bits per heavy atom. The van der Waals surface area contributed by atoms with E-state index in [0.29, 0.717) is 32.9 Å². The van der Waals surface area contributed by atoms with Crippen LogP contribution in [0.1, 0.15) is 31.0 Å². The highest BCUT2D eigenvalue weighted by molar-refractivity contribution is 7.07. The second kappa shape index (κ2) is 12.9. The average molecular weight is 666 g/mol. The fourth-order valence-electron chi connectivity index (χ4n) is 5.44. The third-order valence-corrected chi connectivity index (χ3v) is 8.55. The first-order chi connectivity index (χ1) is 23.1. The smallest absolute Gasteiger partial charge is 0.338 e. The van der Waals surface area contributed by atoms with E-state index in [4.69, 9.17) is 19.3 Å². The van der Waals surface area contributed by atoms with Gasteiger partial charge in [0.1, 0.15) is 5.69 Å². The van der Waals surface area contributed by atoms with Crippen molar-refractivity contribution in [2.24, 2.45) is 4.99 Å². The molecule has 0 amide bonds. The fraction of sp³-hybridized carbons (Fsp3) is 0.147. The number of thiazole rings is 1. The number of methoxy groups -OCH3 is 2. The van der Waals surface area contributed by atoms with Crippen LogP contribution in [0.2, 0.25) is 0 Å². The Labute approximate surface area is 276 Å². The molecule has 0 spiro atoms. The zero-order chi connectivity index (χ0) is 34.1. The van der Waals surface area contributed by atoms with Gasteiger partial charge in [0, 0.05) is 36.4 Å². The summed E-state index contributed by atoms with van der Waals surface area (Å²) in [6.45, 7) is 2.92. The lowest BCUT2D eigenvalue weighted by atomic mass is 9.95. The van der Waals surface area contributed by atoms with Gasteiger partial charge in [-0.15, -0.1) is 0 Å². The summed E-state index contributed by atoms with van der Waals surface area (Å²) >= 11 is 1.11. The van der Waals surface area contributed by atoms with Crippen LogP contribution < -0.4 is 24.4 Å². The van der Waals surface area contributed by atoms with Gasteiger partial charge in [0.05, 0.1) is 46.7 Å². The number of non-ortho nitro benzene ring substituents is 1. The molecular weight excluding hydrogens is 638 g/mol. The number of hydrogen-bond donors (Lipinski definition) is 0. The lowest BCUT2D eigenvalue weighted by molar-refractivity contribution is -0.384. The fourth-order valence-corrected chi connectivity index (χ4v) is 6.48. The number of aromatic nitrogens is 3. The number of ether oxygens (including phenoxy) is 3. The maximum absolute atomic E-state index is 14.3. The Morgan fingerprint density at radius 1 is 1.02 bits per heavy atom. The van der Waals surface area contributed by atoms with Crippen LogP contribution in [0.4, 0.5) is 5.69 Å². The normalized spacial score (nSPS) is 14.2. The Bertz CT molecular complexity index is 2320. The lowest BCUT2D eigenvalue weighted by Crippen LogP contribution is -2.39. The Hall–Kier alpha value is -6.15. The molecule has 0 radical (unpaired) electrons. The highest BCUT2D eigenvalue weighted by Gasteiger charge is 2.34. The van der Waals surface area contributed by atoms with E-state index in [1.54, 1.807) is 48.1 Å². The molecule has 1 aliphatic rings. The largest absolute Gasteiger partial charge is 0.493 e. The van der Waals surface area contributed by atoms with Crippen LogP contribution in [0.15, 0.2) is 100 Å². The molecule has 1 atom stereocenters. The molecular formula is C34H27N5O8S. The van der Waals surface area contributed by atoms with Gasteiger partial charge in [-0.3, -0.25) is 24.3 Å². The molecule has 2 aromatic heterocycles. The van der Waals surface area contributed by atoms with Crippen LogP contribution in [0.25, 0.3) is 23.0 Å². The maximum Gasteiger partial charge on any atom is 0.338 e. The third-order valence-electron chi connectivity index (χ3n) is 7.56. The van der Waals surface area contributed by atoms with Gasteiger partial charge in [0.15, 0.2) is 16.3 Å². The van der Waals surface area contributed by atoms with E-state index in [1.807, 2.05) is 30.3 Å². The molecule has 5 aromatic rings. The van der Waals surface area contributed by atoms with Gasteiger partial charge in [-0.1, -0.05) is 47.7 Å². The standard InChI is InChI=1S/C34H27N5O8S/c1-19-29(33(42)46-4)31(22-13-14-26(47-20(2)40)27(16-22)45-3)38-32(41)28(48-34(38)35-19)17-23-18-37(24-10-6-5-7-11-24)36-30(23)21-9-8-12-25(15-21)39(43)44/h5-18,31H,1-4H3/b28-17-/t31-/m0/s1. The van der Waals surface area contributed by atoms with Crippen molar-refractivity contribution in [2.45, 2.75) is 19.9 Å². The van der Waals surface area contributed by atoms with Crippen LogP contribution in [-0.4, -0.2) is 45.4 Å². The quantitative estimate of drug-likeness (QED) is 0.103. The molecule has 0 N–H and O–H groups in total. The Morgan fingerprint density at radius 2 is 1.79 bits per heavy atom. The number of hydrogen-bond acceptors (Lipinski definition) is 11. The number of carbonyl (C=O) groups excluding carboxylic acids is 2. The van der Waals surface area contributed by atoms with Crippen molar-refractivity contribution in [3.8, 4) is 28.4 Å². The number of nitro groups is 1. The molecule has 14 heteroatoms. The highest BCUT2D eigenvalue weighted by Crippen LogP contribution is 2.36. The van der Waals surface area contributed by atoms with Crippen molar-refractivity contribution < 1.29 is 28.7 Å².